The van der Waals surface area contributed by atoms with Crippen molar-refractivity contribution in [1.82, 2.24) is 9.80 Å². The van der Waals surface area contributed by atoms with Crippen LogP contribution in [0, 0.1) is 23.7 Å². The molecule has 126 valence electrons. The molecule has 2 heterocycles. The summed E-state index contributed by atoms with van der Waals surface area (Å²) < 4.78 is 0. The number of hydrogen-bond donors (Lipinski definition) is 2. The van der Waals surface area contributed by atoms with Crippen LogP contribution >= 0.6 is 0 Å². The lowest BCUT2D eigenvalue weighted by Crippen LogP contribution is -2.48. The van der Waals surface area contributed by atoms with Crippen LogP contribution in [0.15, 0.2) is 0 Å². The molecule has 0 aromatic heterocycles. The molecule has 2 aliphatic rings. The highest BCUT2D eigenvalue weighted by Gasteiger charge is 2.30. The van der Waals surface area contributed by atoms with Gasteiger partial charge in [-0.25, -0.2) is 0 Å². The molecular weight excluding hydrogens is 276 g/mol. The van der Waals surface area contributed by atoms with Gasteiger partial charge in [0.2, 0.25) is 0 Å². The van der Waals surface area contributed by atoms with Crippen molar-refractivity contribution in [2.45, 2.75) is 64.8 Å². The third kappa shape index (κ3) is 4.45. The van der Waals surface area contributed by atoms with Crippen molar-refractivity contribution >= 4 is 0 Å². The van der Waals surface area contributed by atoms with Gasteiger partial charge >= 0.3 is 0 Å². The van der Waals surface area contributed by atoms with E-state index in [1.807, 2.05) is 0 Å². The molecule has 2 rings (SSSR count). The number of aliphatic hydroxyl groups excluding tert-OH is 2. The maximum Gasteiger partial charge on any atom is 0.0604 e. The Morgan fingerprint density at radius 3 is 1.50 bits per heavy atom. The lowest BCUT2D eigenvalue weighted by Gasteiger charge is -2.39. The van der Waals surface area contributed by atoms with E-state index in [-0.39, 0.29) is 12.2 Å². The second-order valence-corrected chi connectivity index (χ2v) is 7.47. The summed E-state index contributed by atoms with van der Waals surface area (Å²) in [6, 6.07) is 0.814. The molecular formula is C18H32N2O2. The normalized spacial score (nSPS) is 41.0. The zero-order valence-electron chi connectivity index (χ0n) is 14.5. The van der Waals surface area contributed by atoms with Crippen LogP contribution < -0.4 is 0 Å². The first-order valence-corrected chi connectivity index (χ1v) is 8.68. The second kappa shape index (κ2) is 7.79. The van der Waals surface area contributed by atoms with Crippen molar-refractivity contribution < 1.29 is 10.2 Å². The van der Waals surface area contributed by atoms with E-state index in [9.17, 15) is 10.2 Å². The zero-order valence-corrected chi connectivity index (χ0v) is 14.5. The zero-order chi connectivity index (χ0) is 16.3. The van der Waals surface area contributed by atoms with Gasteiger partial charge in [-0.2, -0.15) is 0 Å². The number of likely N-dealkylation sites (tertiary alicyclic amines) is 2. The third-order valence-corrected chi connectivity index (χ3v) is 5.46. The van der Waals surface area contributed by atoms with Crippen LogP contribution in [0.3, 0.4) is 0 Å². The van der Waals surface area contributed by atoms with Crippen molar-refractivity contribution in [3.63, 3.8) is 0 Å². The van der Waals surface area contributed by atoms with Crippen LogP contribution in [-0.4, -0.2) is 70.5 Å². The van der Waals surface area contributed by atoms with Gasteiger partial charge in [0, 0.05) is 25.2 Å². The minimum absolute atomic E-state index is 0.165. The number of rotatable bonds is 2. The maximum atomic E-state index is 9.89. The molecule has 0 bridgehead atoms. The van der Waals surface area contributed by atoms with Gasteiger partial charge < -0.3 is 10.2 Å². The van der Waals surface area contributed by atoms with Crippen LogP contribution in [0.4, 0.5) is 0 Å². The highest BCUT2D eigenvalue weighted by molar-refractivity contribution is 5.05. The minimum atomic E-state index is -0.165. The quantitative estimate of drug-likeness (QED) is 0.752. The van der Waals surface area contributed by atoms with Crippen molar-refractivity contribution in [3.8, 4) is 11.8 Å². The van der Waals surface area contributed by atoms with Crippen LogP contribution in [0.2, 0.25) is 0 Å². The van der Waals surface area contributed by atoms with E-state index in [0.717, 1.165) is 39.0 Å². The summed E-state index contributed by atoms with van der Waals surface area (Å²) in [5.74, 6) is 7.28. The standard InChI is InChI=1S/C18H32N2O2/c1-13-11-19(15(3)9-17(13)21)7-5-6-8-20-12-14(2)18(22)10-16(20)4/h13-18,21-22H,7-12H2,1-4H3. The van der Waals surface area contributed by atoms with Gasteiger partial charge in [-0.1, -0.05) is 25.7 Å². The summed E-state index contributed by atoms with van der Waals surface area (Å²) in [4.78, 5) is 4.74. The molecule has 22 heavy (non-hydrogen) atoms. The Morgan fingerprint density at radius 2 is 1.14 bits per heavy atom. The molecule has 0 aliphatic carbocycles. The predicted octanol–water partition coefficient (Wildman–Crippen LogP) is 1.17. The first-order valence-electron chi connectivity index (χ1n) is 8.68. The van der Waals surface area contributed by atoms with Crippen LogP contribution in [0.5, 0.6) is 0 Å². The van der Waals surface area contributed by atoms with E-state index in [4.69, 9.17) is 0 Å². The molecule has 2 fully saturated rings. The van der Waals surface area contributed by atoms with E-state index >= 15 is 0 Å². The number of nitrogens with zero attached hydrogens (tertiary/aromatic N) is 2. The summed E-state index contributed by atoms with van der Waals surface area (Å²) in [5.41, 5.74) is 0. The topological polar surface area (TPSA) is 46.9 Å². The number of piperidine rings is 2. The Bertz CT molecular complexity index is 381. The van der Waals surface area contributed by atoms with E-state index in [1.165, 1.54) is 0 Å². The molecule has 6 atom stereocenters. The van der Waals surface area contributed by atoms with Gasteiger partial charge in [0.1, 0.15) is 0 Å². The molecule has 2 N–H and O–H groups in total. The van der Waals surface area contributed by atoms with Gasteiger partial charge in [0.05, 0.1) is 25.3 Å². The highest BCUT2D eigenvalue weighted by Crippen LogP contribution is 2.22. The summed E-state index contributed by atoms with van der Waals surface area (Å²) in [5, 5.41) is 19.8. The van der Waals surface area contributed by atoms with E-state index in [2.05, 4.69) is 49.3 Å². The Hall–Kier alpha value is -0.600. The first-order chi connectivity index (χ1) is 10.4. The Morgan fingerprint density at radius 1 is 0.773 bits per heavy atom. The fourth-order valence-electron chi connectivity index (χ4n) is 3.56. The smallest absolute Gasteiger partial charge is 0.0604 e. The van der Waals surface area contributed by atoms with Crippen LogP contribution in [0.1, 0.15) is 40.5 Å². The van der Waals surface area contributed by atoms with Crippen LogP contribution in [-0.2, 0) is 0 Å². The molecule has 4 nitrogen and oxygen atoms in total. The first kappa shape index (κ1) is 17.7. The predicted molar refractivity (Wildman–Crippen MR) is 89.4 cm³/mol. The largest absolute Gasteiger partial charge is 0.393 e. The molecule has 0 saturated carbocycles. The van der Waals surface area contributed by atoms with Crippen molar-refractivity contribution in [2.24, 2.45) is 11.8 Å². The number of aliphatic hydroxyl groups is 2. The lowest BCUT2D eigenvalue weighted by atomic mass is 9.92. The Balaban J connectivity index is 1.79. The van der Waals surface area contributed by atoms with E-state index in [1.54, 1.807) is 0 Å². The highest BCUT2D eigenvalue weighted by atomic mass is 16.3. The van der Waals surface area contributed by atoms with Crippen molar-refractivity contribution in [3.05, 3.63) is 0 Å². The number of hydrogen-bond acceptors (Lipinski definition) is 4. The van der Waals surface area contributed by atoms with Gasteiger partial charge in [-0.3, -0.25) is 9.80 Å². The Labute approximate surface area is 135 Å². The average Bonchev–Trinajstić information content (AvgIpc) is 2.45. The molecule has 0 aromatic carbocycles. The van der Waals surface area contributed by atoms with Gasteiger partial charge in [0.25, 0.3) is 0 Å². The molecule has 0 aromatic rings. The van der Waals surface area contributed by atoms with Crippen molar-refractivity contribution in [2.75, 3.05) is 26.2 Å². The van der Waals surface area contributed by atoms with E-state index < -0.39 is 0 Å². The SMILES string of the molecule is CC1CN(CC#CCN2CC(C)C(O)CC2C)C(C)CC1O. The second-order valence-electron chi connectivity index (χ2n) is 7.47. The molecule has 2 aliphatic heterocycles. The molecule has 0 radical (unpaired) electrons. The monoisotopic (exact) mass is 308 g/mol. The molecule has 0 spiro atoms. The summed E-state index contributed by atoms with van der Waals surface area (Å²) >= 11 is 0. The molecule has 6 unspecified atom stereocenters. The third-order valence-electron chi connectivity index (χ3n) is 5.46. The fourth-order valence-corrected chi connectivity index (χ4v) is 3.56. The minimum Gasteiger partial charge on any atom is -0.393 e. The average molecular weight is 308 g/mol. The van der Waals surface area contributed by atoms with Crippen molar-refractivity contribution in [1.29, 1.82) is 0 Å². The lowest BCUT2D eigenvalue weighted by molar-refractivity contribution is 0.0106. The van der Waals surface area contributed by atoms with Gasteiger partial charge in [0.15, 0.2) is 0 Å². The fraction of sp³-hybridized carbons (Fsp3) is 0.889. The molecule has 0 amide bonds. The summed E-state index contributed by atoms with van der Waals surface area (Å²) in [6.07, 6.45) is 1.37. The maximum absolute atomic E-state index is 9.89. The molecule has 4 heteroatoms. The Kier molecular flexibility index (Phi) is 6.28. The van der Waals surface area contributed by atoms with Gasteiger partial charge in [-0.05, 0) is 38.5 Å². The summed E-state index contributed by atoms with van der Waals surface area (Å²) in [6.45, 7) is 12.0. The summed E-state index contributed by atoms with van der Waals surface area (Å²) in [7, 11) is 0. The van der Waals surface area contributed by atoms with E-state index in [0.29, 0.717) is 23.9 Å². The molecule has 2 saturated heterocycles. The van der Waals surface area contributed by atoms with Gasteiger partial charge in [-0.15, -0.1) is 0 Å². The van der Waals surface area contributed by atoms with Crippen LogP contribution in [0.25, 0.3) is 0 Å².